The van der Waals surface area contributed by atoms with Crippen LogP contribution < -0.4 is 14.4 Å². The van der Waals surface area contributed by atoms with E-state index in [1.807, 2.05) is 44.2 Å². The predicted octanol–water partition coefficient (Wildman–Crippen LogP) is 7.95. The molecule has 2 aromatic heterocycles. The van der Waals surface area contributed by atoms with E-state index in [0.29, 0.717) is 17.5 Å². The number of hydrogen-bond donors (Lipinski definition) is 1. The molecule has 1 saturated heterocycles. The van der Waals surface area contributed by atoms with Crippen LogP contribution in [0.5, 0.6) is 5.88 Å². The third-order valence-electron chi connectivity index (χ3n) is 10.9. The number of nitrogens with zero attached hydrogens (tertiary/aromatic N) is 5. The summed E-state index contributed by atoms with van der Waals surface area (Å²) in [5, 5.41) is 0. The van der Waals surface area contributed by atoms with Crippen LogP contribution in [0.15, 0.2) is 71.6 Å². The predicted molar refractivity (Wildman–Crippen MR) is 204 cm³/mol. The molecule has 2 atom stereocenters. The second-order valence-electron chi connectivity index (χ2n) is 16.9. The summed E-state index contributed by atoms with van der Waals surface area (Å²) in [7, 11) is -4.17. The highest BCUT2D eigenvalue weighted by atomic mass is 32.2. The van der Waals surface area contributed by atoms with Crippen molar-refractivity contribution in [2.24, 2.45) is 10.8 Å². The van der Waals surface area contributed by atoms with Crippen molar-refractivity contribution in [3.8, 4) is 17.1 Å². The first-order chi connectivity index (χ1) is 24.5. The number of pyridine rings is 1. The molecule has 2 aromatic carbocycles. The van der Waals surface area contributed by atoms with E-state index in [1.54, 1.807) is 23.1 Å². The lowest BCUT2D eigenvalue weighted by molar-refractivity contribution is 0.0509. The van der Waals surface area contributed by atoms with Gasteiger partial charge in [-0.2, -0.15) is 4.98 Å². The molecule has 1 spiro atoms. The fourth-order valence-corrected chi connectivity index (χ4v) is 9.40. The van der Waals surface area contributed by atoms with Gasteiger partial charge in [0, 0.05) is 29.3 Å². The van der Waals surface area contributed by atoms with E-state index in [2.05, 4.69) is 60.3 Å². The van der Waals surface area contributed by atoms with Crippen molar-refractivity contribution < 1.29 is 17.9 Å². The third kappa shape index (κ3) is 7.24. The molecule has 1 aliphatic carbocycles. The lowest BCUT2D eigenvalue weighted by Crippen LogP contribution is -2.59. The van der Waals surface area contributed by atoms with Crippen LogP contribution in [0.2, 0.25) is 0 Å². The number of fused-ring (bicyclic) bond motifs is 4. The van der Waals surface area contributed by atoms with Crippen molar-refractivity contribution in [3.05, 3.63) is 89.1 Å². The average molecular weight is 723 g/mol. The maximum Gasteiger partial charge on any atom is 0.264 e. The van der Waals surface area contributed by atoms with Crippen molar-refractivity contribution in [3.63, 3.8) is 0 Å². The van der Waals surface area contributed by atoms with Gasteiger partial charge in [0.15, 0.2) is 0 Å². The number of anilines is 2. The van der Waals surface area contributed by atoms with Crippen LogP contribution in [0.1, 0.15) is 93.9 Å². The number of carbonyl (C=O) groups excluding carboxylic acids is 1. The van der Waals surface area contributed by atoms with Crippen LogP contribution >= 0.6 is 0 Å². The van der Waals surface area contributed by atoms with Crippen molar-refractivity contribution >= 4 is 27.7 Å². The standard InChI is InChI=1S/C41H50N6O4S/c1-27-11-8-12-28(2)36(27)33-22-35-44-38(43-33)45-52(49,50)32-15-9-13-29(21-32)37(48)46(31(25-51-35)23-39(3,4)5)24-30-14-10-16-34(42-30)47-20-19-41(47)18-17-40(6,7)26-41/h8-16,21-22,31H,17-20,23-26H2,1-7H3,(H,43,44,45)/t31-,41?/m1/s1. The Balaban J connectivity index is 1.30. The highest BCUT2D eigenvalue weighted by molar-refractivity contribution is 7.92. The molecule has 10 nitrogen and oxygen atoms in total. The number of benzene rings is 2. The molecule has 0 radical (unpaired) electrons. The molecule has 11 heteroatoms. The van der Waals surface area contributed by atoms with Crippen molar-refractivity contribution in [2.45, 2.75) is 104 Å². The Hall–Kier alpha value is -4.51. The summed E-state index contributed by atoms with van der Waals surface area (Å²) in [5.74, 6) is 0.750. The quantitative estimate of drug-likeness (QED) is 0.221. The minimum atomic E-state index is -4.17. The zero-order chi connectivity index (χ0) is 37.1. The largest absolute Gasteiger partial charge is 0.475 e. The van der Waals surface area contributed by atoms with Gasteiger partial charge in [0.2, 0.25) is 11.8 Å². The smallest absolute Gasteiger partial charge is 0.264 e. The number of ether oxygens (including phenoxy) is 1. The first-order valence-corrected chi connectivity index (χ1v) is 19.8. The summed E-state index contributed by atoms with van der Waals surface area (Å²) in [4.78, 5) is 33.2. The topological polar surface area (TPSA) is 118 Å². The summed E-state index contributed by atoms with van der Waals surface area (Å²) in [6.45, 7) is 16.4. The van der Waals surface area contributed by atoms with E-state index in [0.717, 1.165) is 47.6 Å². The Bertz CT molecular complexity index is 2110. The van der Waals surface area contributed by atoms with Crippen LogP contribution in [0.3, 0.4) is 0 Å². The zero-order valence-electron chi connectivity index (χ0n) is 31.4. The van der Waals surface area contributed by atoms with Gasteiger partial charge >= 0.3 is 0 Å². The Kier molecular flexibility index (Phi) is 9.08. The lowest BCUT2D eigenvalue weighted by atomic mass is 9.79. The molecule has 4 bridgehead atoms. The molecule has 52 heavy (non-hydrogen) atoms. The Morgan fingerprint density at radius 2 is 1.65 bits per heavy atom. The van der Waals surface area contributed by atoms with Crippen LogP contribution in [0, 0.1) is 24.7 Å². The number of nitrogens with one attached hydrogen (secondary N) is 1. The van der Waals surface area contributed by atoms with Gasteiger partial charge in [0.25, 0.3) is 15.9 Å². The molecule has 7 rings (SSSR count). The van der Waals surface area contributed by atoms with Crippen LogP contribution in [-0.4, -0.2) is 58.9 Å². The minimum absolute atomic E-state index is 0.0591. The molecular weight excluding hydrogens is 673 g/mol. The van der Waals surface area contributed by atoms with E-state index < -0.39 is 16.1 Å². The van der Waals surface area contributed by atoms with Gasteiger partial charge in [-0.05, 0) is 98.2 Å². The van der Waals surface area contributed by atoms with Gasteiger partial charge in [-0.3, -0.25) is 4.79 Å². The van der Waals surface area contributed by atoms with E-state index in [-0.39, 0.29) is 52.3 Å². The number of sulfonamides is 1. The molecule has 1 N–H and O–H groups in total. The number of aryl methyl sites for hydroxylation is 2. The first-order valence-electron chi connectivity index (χ1n) is 18.3. The monoisotopic (exact) mass is 722 g/mol. The van der Waals surface area contributed by atoms with E-state index in [4.69, 9.17) is 9.72 Å². The summed E-state index contributed by atoms with van der Waals surface area (Å²) < 4.78 is 36.6. The molecule has 1 saturated carbocycles. The van der Waals surface area contributed by atoms with E-state index >= 15 is 0 Å². The SMILES string of the molecule is Cc1cccc(C)c1-c1cc2nc(n1)NS(=O)(=O)c1cccc(c1)C(=O)N(Cc1cccc(N3CCC34CCC(C)(C)C4)n1)[C@H](CC(C)(C)C)CO2. The maximum absolute atomic E-state index is 14.7. The van der Waals surface area contributed by atoms with Gasteiger partial charge in [-0.25, -0.2) is 23.1 Å². The molecule has 274 valence electrons. The van der Waals surface area contributed by atoms with Gasteiger partial charge in [-0.15, -0.1) is 0 Å². The van der Waals surface area contributed by atoms with Crippen molar-refractivity contribution in [1.82, 2.24) is 19.9 Å². The minimum Gasteiger partial charge on any atom is -0.475 e. The zero-order valence-corrected chi connectivity index (χ0v) is 32.2. The first kappa shape index (κ1) is 35.9. The van der Waals surface area contributed by atoms with Crippen LogP contribution in [0.4, 0.5) is 11.8 Å². The number of hydrogen-bond acceptors (Lipinski definition) is 8. The molecule has 2 aliphatic heterocycles. The molecule has 4 aromatic rings. The molecule has 2 fully saturated rings. The van der Waals surface area contributed by atoms with Gasteiger partial charge < -0.3 is 14.5 Å². The number of rotatable bonds is 5. The van der Waals surface area contributed by atoms with Gasteiger partial charge in [-0.1, -0.05) is 65.0 Å². The molecule has 4 heterocycles. The molecule has 1 unspecified atom stereocenters. The highest BCUT2D eigenvalue weighted by Crippen LogP contribution is 2.53. The molecule has 3 aliphatic rings. The maximum atomic E-state index is 14.7. The third-order valence-corrected chi connectivity index (χ3v) is 12.2. The number of carbonyl (C=O) groups is 1. The lowest BCUT2D eigenvalue weighted by Gasteiger charge is -2.52. The number of amides is 1. The summed E-state index contributed by atoms with van der Waals surface area (Å²) in [6, 6.07) is 19.5. The van der Waals surface area contributed by atoms with E-state index in [1.165, 1.54) is 25.0 Å². The Labute approximate surface area is 308 Å². The van der Waals surface area contributed by atoms with E-state index in [9.17, 15) is 13.2 Å². The Morgan fingerprint density at radius 3 is 2.33 bits per heavy atom. The summed E-state index contributed by atoms with van der Waals surface area (Å²) in [6.07, 6.45) is 5.28. The van der Waals surface area contributed by atoms with Crippen molar-refractivity contribution in [2.75, 3.05) is 22.8 Å². The second kappa shape index (κ2) is 13.2. The summed E-state index contributed by atoms with van der Waals surface area (Å²) in [5.41, 5.74) is 4.69. The molecule has 1 amide bonds. The highest BCUT2D eigenvalue weighted by Gasteiger charge is 2.52. The fourth-order valence-electron chi connectivity index (χ4n) is 8.41. The van der Waals surface area contributed by atoms with Gasteiger partial charge in [0.1, 0.15) is 12.4 Å². The summed E-state index contributed by atoms with van der Waals surface area (Å²) >= 11 is 0. The normalized spacial score (nSPS) is 22.4. The van der Waals surface area contributed by atoms with Crippen molar-refractivity contribution in [1.29, 1.82) is 0 Å². The van der Waals surface area contributed by atoms with Crippen LogP contribution in [-0.2, 0) is 16.6 Å². The average Bonchev–Trinajstić information content (AvgIpc) is 3.41. The molecular formula is C41H50N6O4S. The van der Waals surface area contributed by atoms with Gasteiger partial charge in [0.05, 0.1) is 28.9 Å². The Morgan fingerprint density at radius 1 is 0.923 bits per heavy atom. The van der Waals surface area contributed by atoms with Crippen LogP contribution in [0.25, 0.3) is 11.3 Å². The second-order valence-corrected chi connectivity index (χ2v) is 18.6. The number of aromatic nitrogens is 3. The fraction of sp³-hybridized carbons (Fsp3) is 0.463.